The Kier molecular flexibility index (Phi) is 4.99. The molecule has 0 saturated carbocycles. The van der Waals surface area contributed by atoms with E-state index in [-0.39, 0.29) is 6.04 Å². The SMILES string of the molecule is CCc1cc(Nc2cc(C)[nH]n2)nc(N2CCC2c2cc(-c3cccnc3C#N)no2)n1. The number of nitrogens with one attached hydrogen (secondary N) is 2. The summed E-state index contributed by atoms with van der Waals surface area (Å²) in [7, 11) is 0. The Balaban J connectivity index is 1.41. The van der Waals surface area contributed by atoms with Crippen molar-refractivity contribution in [3.8, 4) is 17.3 Å². The molecule has 10 heteroatoms. The molecule has 1 fully saturated rings. The third-order valence-electron chi connectivity index (χ3n) is 5.41. The van der Waals surface area contributed by atoms with E-state index in [9.17, 15) is 5.26 Å². The van der Waals surface area contributed by atoms with Crippen molar-refractivity contribution < 1.29 is 4.52 Å². The Morgan fingerprint density at radius 3 is 2.91 bits per heavy atom. The second kappa shape index (κ2) is 8.11. The number of aromatic nitrogens is 6. The second-order valence-corrected chi connectivity index (χ2v) is 7.58. The number of nitrogens with zero attached hydrogens (tertiary/aromatic N) is 7. The Hall–Kier alpha value is -4.26. The van der Waals surface area contributed by atoms with Crippen LogP contribution in [0.3, 0.4) is 0 Å². The lowest BCUT2D eigenvalue weighted by Crippen LogP contribution is -2.42. The molecule has 0 amide bonds. The van der Waals surface area contributed by atoms with Crippen LogP contribution in [0.2, 0.25) is 0 Å². The van der Waals surface area contributed by atoms with E-state index in [4.69, 9.17) is 14.5 Å². The fourth-order valence-electron chi connectivity index (χ4n) is 3.67. The highest BCUT2D eigenvalue weighted by molar-refractivity contribution is 5.65. The highest BCUT2D eigenvalue weighted by Crippen LogP contribution is 2.38. The zero-order valence-electron chi connectivity index (χ0n) is 17.7. The second-order valence-electron chi connectivity index (χ2n) is 7.58. The van der Waals surface area contributed by atoms with E-state index in [1.165, 1.54) is 0 Å². The molecule has 0 spiro atoms. The summed E-state index contributed by atoms with van der Waals surface area (Å²) < 4.78 is 5.65. The largest absolute Gasteiger partial charge is 0.359 e. The van der Waals surface area contributed by atoms with E-state index >= 15 is 0 Å². The minimum absolute atomic E-state index is 0.0222. The van der Waals surface area contributed by atoms with Crippen molar-refractivity contribution in [2.24, 2.45) is 0 Å². The molecule has 0 bridgehead atoms. The van der Waals surface area contributed by atoms with Gasteiger partial charge in [0.05, 0.1) is 6.04 Å². The van der Waals surface area contributed by atoms with Gasteiger partial charge in [-0.2, -0.15) is 15.3 Å². The molecule has 4 aromatic rings. The zero-order chi connectivity index (χ0) is 22.1. The summed E-state index contributed by atoms with van der Waals surface area (Å²) in [6, 6.07) is 11.4. The van der Waals surface area contributed by atoms with Crippen LogP contribution in [0.5, 0.6) is 0 Å². The first-order valence-electron chi connectivity index (χ1n) is 10.4. The molecule has 1 atom stereocenters. The van der Waals surface area contributed by atoms with Gasteiger partial charge in [-0.15, -0.1) is 0 Å². The molecular formula is C22H21N9O. The number of hydrogen-bond donors (Lipinski definition) is 2. The first-order valence-corrected chi connectivity index (χ1v) is 10.4. The van der Waals surface area contributed by atoms with Gasteiger partial charge in [-0.1, -0.05) is 12.1 Å². The number of anilines is 3. The van der Waals surface area contributed by atoms with E-state index in [1.54, 1.807) is 12.3 Å². The average molecular weight is 427 g/mol. The van der Waals surface area contributed by atoms with Gasteiger partial charge in [0.1, 0.15) is 23.3 Å². The van der Waals surface area contributed by atoms with Crippen molar-refractivity contribution in [1.82, 2.24) is 30.3 Å². The molecule has 0 radical (unpaired) electrons. The number of nitriles is 1. The number of hydrogen-bond acceptors (Lipinski definition) is 9. The summed E-state index contributed by atoms with van der Waals surface area (Å²) >= 11 is 0. The summed E-state index contributed by atoms with van der Waals surface area (Å²) in [5, 5.41) is 23.9. The van der Waals surface area contributed by atoms with Crippen molar-refractivity contribution in [3.63, 3.8) is 0 Å². The van der Waals surface area contributed by atoms with Crippen LogP contribution in [0.1, 0.15) is 42.2 Å². The van der Waals surface area contributed by atoms with Crippen molar-refractivity contribution >= 4 is 17.6 Å². The standard InChI is InChI=1S/C22H21N9O/c1-3-14-10-20(26-21-9-13(2)28-29-21)27-22(25-14)31-8-6-18(31)19-11-16(30-32-19)15-5-4-7-24-17(15)12-23/h4-5,7,9-11,18H,3,6,8H2,1-2H3,(H2,25,26,27,28,29). The zero-order valence-corrected chi connectivity index (χ0v) is 17.7. The summed E-state index contributed by atoms with van der Waals surface area (Å²) in [5.41, 5.74) is 3.47. The lowest BCUT2D eigenvalue weighted by atomic mass is 10.00. The molecule has 0 aromatic carbocycles. The van der Waals surface area contributed by atoms with Crippen LogP contribution in [-0.4, -0.2) is 36.9 Å². The van der Waals surface area contributed by atoms with E-state index in [0.29, 0.717) is 40.3 Å². The van der Waals surface area contributed by atoms with Crippen LogP contribution in [-0.2, 0) is 6.42 Å². The van der Waals surface area contributed by atoms with Crippen LogP contribution in [0.15, 0.2) is 41.1 Å². The Morgan fingerprint density at radius 1 is 1.28 bits per heavy atom. The molecule has 0 aliphatic carbocycles. The first kappa shape index (κ1) is 19.7. The molecule has 1 saturated heterocycles. The van der Waals surface area contributed by atoms with Gasteiger partial charge in [-0.05, 0) is 31.9 Å². The maximum absolute atomic E-state index is 9.32. The number of H-pyrrole nitrogens is 1. The van der Waals surface area contributed by atoms with Crippen molar-refractivity contribution in [1.29, 1.82) is 5.26 Å². The van der Waals surface area contributed by atoms with Gasteiger partial charge in [0.25, 0.3) is 0 Å². The van der Waals surface area contributed by atoms with Crippen molar-refractivity contribution in [2.75, 3.05) is 16.8 Å². The topological polar surface area (TPSA) is 132 Å². The minimum Gasteiger partial charge on any atom is -0.359 e. The van der Waals surface area contributed by atoms with Gasteiger partial charge in [-0.25, -0.2) is 9.97 Å². The summed E-state index contributed by atoms with van der Waals surface area (Å²) in [6.45, 7) is 4.82. The molecule has 1 aliphatic heterocycles. The number of aromatic amines is 1. The Labute approximate surface area is 184 Å². The van der Waals surface area contributed by atoms with Gasteiger partial charge in [-0.3, -0.25) is 5.10 Å². The predicted molar refractivity (Wildman–Crippen MR) is 117 cm³/mol. The molecule has 5 rings (SSSR count). The van der Waals surface area contributed by atoms with Crippen molar-refractivity contribution in [2.45, 2.75) is 32.7 Å². The van der Waals surface area contributed by atoms with E-state index < -0.39 is 0 Å². The third-order valence-corrected chi connectivity index (χ3v) is 5.41. The molecule has 10 nitrogen and oxygen atoms in total. The molecule has 4 aromatic heterocycles. The van der Waals surface area contributed by atoms with Gasteiger partial charge in [0, 0.05) is 47.9 Å². The van der Waals surface area contributed by atoms with Crippen LogP contribution >= 0.6 is 0 Å². The number of pyridine rings is 1. The molecule has 2 N–H and O–H groups in total. The van der Waals surface area contributed by atoms with Crippen LogP contribution in [0.4, 0.5) is 17.6 Å². The highest BCUT2D eigenvalue weighted by atomic mass is 16.5. The molecule has 32 heavy (non-hydrogen) atoms. The highest BCUT2D eigenvalue weighted by Gasteiger charge is 2.35. The van der Waals surface area contributed by atoms with E-state index in [1.807, 2.05) is 31.2 Å². The third kappa shape index (κ3) is 3.65. The van der Waals surface area contributed by atoms with Crippen molar-refractivity contribution in [3.05, 3.63) is 59.4 Å². The predicted octanol–water partition coefficient (Wildman–Crippen LogP) is 3.69. The fourth-order valence-corrected chi connectivity index (χ4v) is 3.67. The smallest absolute Gasteiger partial charge is 0.228 e. The van der Waals surface area contributed by atoms with E-state index in [2.05, 4.69) is 43.5 Å². The lowest BCUT2D eigenvalue weighted by Gasteiger charge is -2.39. The van der Waals surface area contributed by atoms with Crippen LogP contribution in [0.25, 0.3) is 11.3 Å². The normalized spacial score (nSPS) is 15.3. The fraction of sp³-hybridized carbons (Fsp3) is 0.273. The monoisotopic (exact) mass is 427 g/mol. The summed E-state index contributed by atoms with van der Waals surface area (Å²) in [5.74, 6) is 2.74. The maximum atomic E-state index is 9.32. The van der Waals surface area contributed by atoms with Gasteiger partial charge < -0.3 is 14.7 Å². The molecule has 1 unspecified atom stereocenters. The lowest BCUT2D eigenvalue weighted by molar-refractivity contribution is 0.315. The summed E-state index contributed by atoms with van der Waals surface area (Å²) in [4.78, 5) is 15.6. The van der Waals surface area contributed by atoms with Crippen LogP contribution < -0.4 is 10.2 Å². The number of aryl methyl sites for hydroxylation is 2. The molecular weight excluding hydrogens is 406 g/mol. The number of rotatable bonds is 6. The molecule has 5 heterocycles. The van der Waals surface area contributed by atoms with Gasteiger partial charge in [0.2, 0.25) is 5.95 Å². The van der Waals surface area contributed by atoms with E-state index in [0.717, 1.165) is 30.8 Å². The van der Waals surface area contributed by atoms with Gasteiger partial charge in [0.15, 0.2) is 11.6 Å². The summed E-state index contributed by atoms with van der Waals surface area (Å²) in [6.07, 6.45) is 3.27. The molecule has 1 aliphatic rings. The first-order chi connectivity index (χ1) is 15.6. The minimum atomic E-state index is -0.0222. The molecule has 160 valence electrons. The maximum Gasteiger partial charge on any atom is 0.228 e. The average Bonchev–Trinajstić information content (AvgIpc) is 3.42. The van der Waals surface area contributed by atoms with Crippen LogP contribution in [0, 0.1) is 18.3 Å². The Morgan fingerprint density at radius 2 is 2.19 bits per heavy atom. The Bertz CT molecular complexity index is 1300. The van der Waals surface area contributed by atoms with Gasteiger partial charge >= 0.3 is 0 Å². The quantitative estimate of drug-likeness (QED) is 0.472.